The van der Waals surface area contributed by atoms with Crippen LogP contribution in [0.1, 0.15) is 25.6 Å². The van der Waals surface area contributed by atoms with Crippen LogP contribution in [0, 0.1) is 5.92 Å². The summed E-state index contributed by atoms with van der Waals surface area (Å²) in [7, 11) is 0. The van der Waals surface area contributed by atoms with Crippen molar-refractivity contribution in [3.63, 3.8) is 0 Å². The molecule has 102 valence electrons. The Labute approximate surface area is 104 Å². The molecule has 0 bridgehead atoms. The van der Waals surface area contributed by atoms with E-state index in [1.54, 1.807) is 12.4 Å². The Morgan fingerprint density at radius 1 is 1.50 bits per heavy atom. The van der Waals surface area contributed by atoms with Crippen LogP contribution in [-0.2, 0) is 13.0 Å². The van der Waals surface area contributed by atoms with E-state index in [1.165, 1.54) is 0 Å². The van der Waals surface area contributed by atoms with Crippen LogP contribution in [-0.4, -0.2) is 28.3 Å². The second-order valence-corrected chi connectivity index (χ2v) is 4.68. The number of imidazole rings is 1. The van der Waals surface area contributed by atoms with E-state index in [0.717, 1.165) is 12.4 Å². The second-order valence-electron chi connectivity index (χ2n) is 4.68. The van der Waals surface area contributed by atoms with E-state index >= 15 is 0 Å². The number of hydrogen-bond donors (Lipinski definition) is 1. The summed E-state index contributed by atoms with van der Waals surface area (Å²) in [6, 6.07) is -0.550. The molecule has 0 amide bonds. The van der Waals surface area contributed by atoms with Gasteiger partial charge in [-0.2, -0.15) is 13.2 Å². The number of nitrogens with zero attached hydrogens (tertiary/aromatic N) is 2. The topological polar surface area (TPSA) is 29.9 Å². The minimum absolute atomic E-state index is 0.216. The number of piperidine rings is 1. The van der Waals surface area contributed by atoms with Crippen molar-refractivity contribution in [2.75, 3.05) is 6.54 Å². The lowest BCUT2D eigenvalue weighted by atomic mass is 9.88. The molecule has 1 aliphatic heterocycles. The number of aryl methyl sites for hydroxylation is 1. The van der Waals surface area contributed by atoms with Gasteiger partial charge in [-0.3, -0.25) is 0 Å². The maximum Gasteiger partial charge on any atom is 0.393 e. The Balaban J connectivity index is 2.10. The van der Waals surface area contributed by atoms with Gasteiger partial charge in [0, 0.05) is 31.4 Å². The van der Waals surface area contributed by atoms with Crippen LogP contribution in [0.25, 0.3) is 0 Å². The normalized spacial score (nSPS) is 25.3. The predicted molar refractivity (Wildman–Crippen MR) is 62.2 cm³/mol. The molecule has 0 aliphatic carbocycles. The highest BCUT2D eigenvalue weighted by atomic mass is 19.4. The third-order valence-corrected chi connectivity index (χ3v) is 3.55. The molecule has 2 rings (SSSR count). The molecule has 0 aromatic carbocycles. The number of alkyl halides is 3. The standard InChI is InChI=1S/C12H18F3N3/c1-2-18-7-6-17-11(18)8-10-9(12(13,14)15)4-3-5-16-10/h6-7,9-10,16H,2-5,8H2,1H3. The van der Waals surface area contributed by atoms with E-state index in [0.29, 0.717) is 19.4 Å². The van der Waals surface area contributed by atoms with E-state index in [9.17, 15) is 13.2 Å². The second kappa shape index (κ2) is 5.30. The minimum atomic E-state index is -4.12. The van der Waals surface area contributed by atoms with Gasteiger partial charge in [-0.1, -0.05) is 0 Å². The molecule has 2 atom stereocenters. The Kier molecular flexibility index (Phi) is 3.94. The Hall–Kier alpha value is -1.04. The molecule has 1 aromatic rings. The molecule has 1 saturated heterocycles. The average Bonchev–Trinajstić information content (AvgIpc) is 2.75. The predicted octanol–water partition coefficient (Wildman–Crippen LogP) is 2.38. The van der Waals surface area contributed by atoms with Crippen molar-refractivity contribution in [2.45, 2.75) is 44.9 Å². The molecule has 6 heteroatoms. The fraction of sp³-hybridized carbons (Fsp3) is 0.750. The molecule has 1 N–H and O–H groups in total. The SMILES string of the molecule is CCn1ccnc1CC1NCCCC1C(F)(F)F. The summed E-state index contributed by atoms with van der Waals surface area (Å²) in [4.78, 5) is 4.15. The van der Waals surface area contributed by atoms with Crippen LogP contribution >= 0.6 is 0 Å². The summed E-state index contributed by atoms with van der Waals surface area (Å²) < 4.78 is 40.7. The van der Waals surface area contributed by atoms with Gasteiger partial charge in [0.05, 0.1) is 5.92 Å². The van der Waals surface area contributed by atoms with Gasteiger partial charge >= 0.3 is 6.18 Å². The zero-order chi connectivity index (χ0) is 13.2. The third-order valence-electron chi connectivity index (χ3n) is 3.55. The Morgan fingerprint density at radius 2 is 2.28 bits per heavy atom. The molecule has 0 spiro atoms. The number of hydrogen-bond acceptors (Lipinski definition) is 2. The van der Waals surface area contributed by atoms with Gasteiger partial charge in [0.1, 0.15) is 5.82 Å². The molecule has 1 fully saturated rings. The summed E-state index contributed by atoms with van der Waals surface area (Å²) in [5.74, 6) is -0.528. The molecule has 1 aliphatic rings. The first-order valence-corrected chi connectivity index (χ1v) is 6.32. The highest BCUT2D eigenvalue weighted by molar-refractivity contribution is 4.99. The fourth-order valence-electron chi connectivity index (χ4n) is 2.57. The molecule has 2 unspecified atom stereocenters. The molecule has 0 radical (unpaired) electrons. The number of rotatable bonds is 3. The summed E-state index contributed by atoms with van der Waals surface area (Å²) in [5.41, 5.74) is 0. The van der Waals surface area contributed by atoms with Gasteiger partial charge in [0.15, 0.2) is 0 Å². The van der Waals surface area contributed by atoms with Crippen molar-refractivity contribution in [2.24, 2.45) is 5.92 Å². The van der Waals surface area contributed by atoms with Gasteiger partial charge in [-0.05, 0) is 26.3 Å². The Bertz CT molecular complexity index is 386. The highest BCUT2D eigenvalue weighted by Gasteiger charge is 2.45. The molecule has 18 heavy (non-hydrogen) atoms. The van der Waals surface area contributed by atoms with Crippen LogP contribution in [0.15, 0.2) is 12.4 Å². The highest BCUT2D eigenvalue weighted by Crippen LogP contribution is 2.35. The maximum atomic E-state index is 12.9. The maximum absolute atomic E-state index is 12.9. The first kappa shape index (κ1) is 13.4. The lowest BCUT2D eigenvalue weighted by Gasteiger charge is -2.33. The van der Waals surface area contributed by atoms with Crippen molar-refractivity contribution >= 4 is 0 Å². The molecule has 1 aromatic heterocycles. The molecule has 3 nitrogen and oxygen atoms in total. The zero-order valence-corrected chi connectivity index (χ0v) is 10.4. The van der Waals surface area contributed by atoms with Crippen molar-refractivity contribution in [1.82, 2.24) is 14.9 Å². The summed E-state index contributed by atoms with van der Waals surface area (Å²) in [6.07, 6.45) is 0.467. The fourth-order valence-corrected chi connectivity index (χ4v) is 2.57. The molecular formula is C12H18F3N3. The van der Waals surface area contributed by atoms with Gasteiger partial charge in [-0.25, -0.2) is 4.98 Å². The zero-order valence-electron chi connectivity index (χ0n) is 10.4. The van der Waals surface area contributed by atoms with Crippen LogP contribution < -0.4 is 5.32 Å². The minimum Gasteiger partial charge on any atom is -0.335 e. The lowest BCUT2D eigenvalue weighted by molar-refractivity contribution is -0.188. The van der Waals surface area contributed by atoms with Gasteiger partial charge in [0.2, 0.25) is 0 Å². The van der Waals surface area contributed by atoms with E-state index in [2.05, 4.69) is 10.3 Å². The van der Waals surface area contributed by atoms with E-state index in [1.807, 2.05) is 11.5 Å². The lowest BCUT2D eigenvalue weighted by Crippen LogP contribution is -2.49. The van der Waals surface area contributed by atoms with Crippen LogP contribution in [0.5, 0.6) is 0 Å². The van der Waals surface area contributed by atoms with Crippen LogP contribution in [0.3, 0.4) is 0 Å². The van der Waals surface area contributed by atoms with Crippen molar-refractivity contribution < 1.29 is 13.2 Å². The van der Waals surface area contributed by atoms with Gasteiger partial charge in [-0.15, -0.1) is 0 Å². The average molecular weight is 261 g/mol. The van der Waals surface area contributed by atoms with E-state index in [4.69, 9.17) is 0 Å². The van der Waals surface area contributed by atoms with Gasteiger partial charge in [0.25, 0.3) is 0 Å². The van der Waals surface area contributed by atoms with Crippen molar-refractivity contribution in [3.05, 3.63) is 18.2 Å². The quantitative estimate of drug-likeness (QED) is 0.905. The number of halogens is 3. The smallest absolute Gasteiger partial charge is 0.335 e. The van der Waals surface area contributed by atoms with Crippen LogP contribution in [0.4, 0.5) is 13.2 Å². The van der Waals surface area contributed by atoms with Crippen LogP contribution in [0.2, 0.25) is 0 Å². The molecular weight excluding hydrogens is 243 g/mol. The Morgan fingerprint density at radius 3 is 2.94 bits per heavy atom. The molecule has 0 saturated carbocycles. The molecule has 2 heterocycles. The van der Waals surface area contributed by atoms with Gasteiger partial charge < -0.3 is 9.88 Å². The monoisotopic (exact) mass is 261 g/mol. The number of aromatic nitrogens is 2. The third kappa shape index (κ3) is 2.85. The first-order valence-electron chi connectivity index (χ1n) is 6.32. The van der Waals surface area contributed by atoms with Crippen molar-refractivity contribution in [1.29, 1.82) is 0 Å². The van der Waals surface area contributed by atoms with E-state index in [-0.39, 0.29) is 6.42 Å². The van der Waals surface area contributed by atoms with E-state index < -0.39 is 18.1 Å². The first-order chi connectivity index (χ1) is 8.52. The summed E-state index contributed by atoms with van der Waals surface area (Å²) in [5, 5.41) is 2.99. The van der Waals surface area contributed by atoms with Crippen molar-refractivity contribution in [3.8, 4) is 0 Å². The summed E-state index contributed by atoms with van der Waals surface area (Å²) >= 11 is 0. The number of nitrogens with one attached hydrogen (secondary N) is 1. The summed E-state index contributed by atoms with van der Waals surface area (Å²) in [6.45, 7) is 3.35. The largest absolute Gasteiger partial charge is 0.393 e.